The van der Waals surface area contributed by atoms with E-state index in [0.717, 1.165) is 11.5 Å². The van der Waals surface area contributed by atoms with Gasteiger partial charge in [0, 0.05) is 11.5 Å². The maximum Gasteiger partial charge on any atom is 0.0530 e. The first-order chi connectivity index (χ1) is 4.41. The van der Waals surface area contributed by atoms with Gasteiger partial charge in [-0.25, -0.2) is 0 Å². The minimum Gasteiger partial charge on any atom is -0.395 e. The Hall–Kier alpha value is 0.970. The molecular weight excluding hydrogens is 176 g/mol. The molecule has 9 heavy (non-hydrogen) atoms. The number of hydrogen-bond acceptors (Lipinski definition) is 5. The summed E-state index contributed by atoms with van der Waals surface area (Å²) in [6.45, 7) is 0.467. The van der Waals surface area contributed by atoms with Crippen molar-refractivity contribution in [2.75, 3.05) is 24.7 Å². The van der Waals surface area contributed by atoms with E-state index in [1.807, 2.05) is 0 Å². The van der Waals surface area contributed by atoms with E-state index in [0.29, 0.717) is 0 Å². The minimum absolute atomic E-state index is 0.233. The van der Waals surface area contributed by atoms with Gasteiger partial charge >= 0.3 is 0 Å². The molecule has 0 bridgehead atoms. The summed E-state index contributed by atoms with van der Waals surface area (Å²) < 4.78 is 0. The maximum absolute atomic E-state index is 8.33. The number of hydrogen-bond donors (Lipinski definition) is 2. The summed E-state index contributed by atoms with van der Waals surface area (Å²) >= 11 is 0. The van der Waals surface area contributed by atoms with Gasteiger partial charge in [0.1, 0.15) is 0 Å². The Morgan fingerprint density at radius 3 is 1.67 bits per heavy atom. The standard InChI is InChI=1S/C4H10O2S3/c5-1-3-7-9-8-4-2-6/h5-6H,1-4H2. The van der Waals surface area contributed by atoms with E-state index in [-0.39, 0.29) is 13.2 Å². The van der Waals surface area contributed by atoms with Crippen LogP contribution in [0.5, 0.6) is 0 Å². The SMILES string of the molecule is OCCSSSCCO. The van der Waals surface area contributed by atoms with Crippen LogP contribution in [0.2, 0.25) is 0 Å². The van der Waals surface area contributed by atoms with E-state index >= 15 is 0 Å². The van der Waals surface area contributed by atoms with Crippen LogP contribution in [-0.2, 0) is 0 Å². The van der Waals surface area contributed by atoms with E-state index in [1.54, 1.807) is 31.4 Å². The van der Waals surface area contributed by atoms with Crippen molar-refractivity contribution in [1.29, 1.82) is 0 Å². The fourth-order valence-corrected chi connectivity index (χ4v) is 3.43. The van der Waals surface area contributed by atoms with E-state index in [2.05, 4.69) is 0 Å². The van der Waals surface area contributed by atoms with Gasteiger partial charge in [0.05, 0.1) is 13.2 Å². The second-order valence-corrected chi connectivity index (χ2v) is 5.63. The third kappa shape index (κ3) is 8.97. The quantitative estimate of drug-likeness (QED) is 0.478. The van der Waals surface area contributed by atoms with Crippen LogP contribution >= 0.6 is 31.4 Å². The Morgan fingerprint density at radius 1 is 0.889 bits per heavy atom. The van der Waals surface area contributed by atoms with Crippen LogP contribution in [0.15, 0.2) is 0 Å². The lowest BCUT2D eigenvalue weighted by Crippen LogP contribution is -1.83. The Kier molecular flexibility index (Phi) is 9.94. The largest absolute Gasteiger partial charge is 0.395 e. The molecule has 0 aliphatic carbocycles. The third-order valence-electron chi connectivity index (χ3n) is 0.445. The highest BCUT2D eigenvalue weighted by atomic mass is 33.5. The zero-order valence-corrected chi connectivity index (χ0v) is 7.40. The summed E-state index contributed by atoms with van der Waals surface area (Å²) in [5.41, 5.74) is 0. The molecule has 0 spiro atoms. The van der Waals surface area contributed by atoms with Crippen molar-refractivity contribution in [3.05, 3.63) is 0 Å². The van der Waals surface area contributed by atoms with Crippen molar-refractivity contribution in [2.24, 2.45) is 0 Å². The smallest absolute Gasteiger partial charge is 0.0530 e. The Morgan fingerprint density at radius 2 is 1.33 bits per heavy atom. The zero-order valence-electron chi connectivity index (χ0n) is 4.95. The highest BCUT2D eigenvalue weighted by Gasteiger charge is 1.88. The second kappa shape index (κ2) is 8.97. The topological polar surface area (TPSA) is 40.5 Å². The molecule has 0 fully saturated rings. The molecular formula is C4H10O2S3. The van der Waals surface area contributed by atoms with Crippen molar-refractivity contribution in [2.45, 2.75) is 0 Å². The van der Waals surface area contributed by atoms with Gasteiger partial charge in [-0.15, -0.1) is 0 Å². The molecule has 0 aliphatic rings. The number of aliphatic hydroxyl groups is 2. The second-order valence-electron chi connectivity index (χ2n) is 1.16. The number of aliphatic hydroxyl groups excluding tert-OH is 2. The highest BCUT2D eigenvalue weighted by molar-refractivity contribution is 9.09. The molecule has 0 rings (SSSR count). The minimum atomic E-state index is 0.233. The molecule has 0 amide bonds. The first-order valence-corrected chi connectivity index (χ1v) is 6.36. The molecule has 0 saturated carbocycles. The van der Waals surface area contributed by atoms with Gasteiger partial charge in [0.2, 0.25) is 0 Å². The first kappa shape index (κ1) is 9.97. The van der Waals surface area contributed by atoms with Crippen molar-refractivity contribution in [3.63, 3.8) is 0 Å². The lowest BCUT2D eigenvalue weighted by Gasteiger charge is -1.94. The van der Waals surface area contributed by atoms with E-state index < -0.39 is 0 Å². The van der Waals surface area contributed by atoms with E-state index in [9.17, 15) is 0 Å². The fourth-order valence-electron chi connectivity index (χ4n) is 0.177. The van der Waals surface area contributed by atoms with Crippen LogP contribution < -0.4 is 0 Å². The normalized spacial score (nSPS) is 10.0. The highest BCUT2D eigenvalue weighted by Crippen LogP contribution is 2.33. The monoisotopic (exact) mass is 186 g/mol. The van der Waals surface area contributed by atoms with Crippen LogP contribution in [0.25, 0.3) is 0 Å². The lowest BCUT2D eigenvalue weighted by atomic mass is 10.9. The molecule has 5 heteroatoms. The summed E-state index contributed by atoms with van der Waals surface area (Å²) in [5, 5.41) is 16.7. The summed E-state index contributed by atoms with van der Waals surface area (Å²) in [5.74, 6) is 1.53. The Labute approximate surface area is 66.6 Å². The molecule has 2 N–H and O–H groups in total. The molecule has 0 aromatic heterocycles. The molecule has 2 nitrogen and oxygen atoms in total. The van der Waals surface area contributed by atoms with Gasteiger partial charge in [-0.3, -0.25) is 0 Å². The lowest BCUT2D eigenvalue weighted by molar-refractivity contribution is 0.322. The Bertz CT molecular complexity index is 47.1. The molecule has 0 aromatic rings. The molecule has 0 atom stereocenters. The van der Waals surface area contributed by atoms with Crippen LogP contribution in [0, 0.1) is 0 Å². The summed E-state index contributed by atoms with van der Waals surface area (Å²) in [6.07, 6.45) is 0. The molecule has 56 valence electrons. The third-order valence-corrected chi connectivity index (χ3v) is 4.65. The van der Waals surface area contributed by atoms with E-state index in [4.69, 9.17) is 10.2 Å². The molecule has 0 aliphatic heterocycles. The van der Waals surface area contributed by atoms with Gasteiger partial charge in [-0.1, -0.05) is 21.6 Å². The van der Waals surface area contributed by atoms with Crippen molar-refractivity contribution >= 4 is 31.4 Å². The Balaban J connectivity index is 2.60. The van der Waals surface area contributed by atoms with Crippen molar-refractivity contribution in [3.8, 4) is 0 Å². The summed E-state index contributed by atoms with van der Waals surface area (Å²) in [4.78, 5) is 0. The van der Waals surface area contributed by atoms with Crippen molar-refractivity contribution < 1.29 is 10.2 Å². The first-order valence-electron chi connectivity index (χ1n) is 2.54. The van der Waals surface area contributed by atoms with Gasteiger partial charge < -0.3 is 10.2 Å². The molecule has 0 radical (unpaired) electrons. The predicted molar refractivity (Wildman–Crippen MR) is 46.7 cm³/mol. The van der Waals surface area contributed by atoms with Crippen LogP contribution in [0.4, 0.5) is 0 Å². The van der Waals surface area contributed by atoms with Gasteiger partial charge in [0.25, 0.3) is 0 Å². The zero-order chi connectivity index (χ0) is 6.95. The van der Waals surface area contributed by atoms with E-state index in [1.165, 1.54) is 0 Å². The molecule has 0 saturated heterocycles. The average Bonchev–Trinajstić information content (AvgIpc) is 1.89. The van der Waals surface area contributed by atoms with Gasteiger partial charge in [-0.05, 0) is 9.83 Å². The number of rotatable bonds is 6. The molecule has 0 aromatic carbocycles. The van der Waals surface area contributed by atoms with Gasteiger partial charge in [0.15, 0.2) is 0 Å². The average molecular weight is 186 g/mol. The van der Waals surface area contributed by atoms with Crippen LogP contribution in [0.1, 0.15) is 0 Å². The molecule has 0 unspecified atom stereocenters. The fraction of sp³-hybridized carbons (Fsp3) is 1.00. The maximum atomic E-state index is 8.33. The van der Waals surface area contributed by atoms with Crippen molar-refractivity contribution in [1.82, 2.24) is 0 Å². The van der Waals surface area contributed by atoms with Gasteiger partial charge in [-0.2, -0.15) is 0 Å². The predicted octanol–water partition coefficient (Wildman–Crippen LogP) is 1.00. The summed E-state index contributed by atoms with van der Waals surface area (Å²) in [6, 6.07) is 0. The molecule has 0 heterocycles. The summed E-state index contributed by atoms with van der Waals surface area (Å²) in [7, 11) is 4.84. The van der Waals surface area contributed by atoms with Crippen LogP contribution in [-0.4, -0.2) is 34.9 Å². The van der Waals surface area contributed by atoms with Crippen LogP contribution in [0.3, 0.4) is 0 Å².